The molecule has 0 saturated carbocycles. The fraction of sp³-hybridized carbons (Fsp3) is 0.250. The number of carboxylic acids is 1. The number of ether oxygens (including phenoxy) is 1. The quantitative estimate of drug-likeness (QED) is 0.750. The van der Waals surface area contributed by atoms with Crippen LogP contribution in [-0.4, -0.2) is 47.8 Å². The lowest BCUT2D eigenvalue weighted by atomic mass is 9.98. The number of nitrogens with zero attached hydrogens (tertiary/aromatic N) is 4. The minimum absolute atomic E-state index is 0.0631. The molecule has 148 valence electrons. The van der Waals surface area contributed by atoms with Crippen LogP contribution in [0.5, 0.6) is 5.75 Å². The molecule has 0 unspecified atom stereocenters. The zero-order valence-corrected chi connectivity index (χ0v) is 16.5. The number of nitroso groups, excluding NO2 is 1. The van der Waals surface area contributed by atoms with Crippen molar-refractivity contribution in [1.82, 2.24) is 0 Å². The standard InChI is InChI=1S/C20H18N4O4S/c1-24-4-5-28-18-9-12(2-3-17(18)24)13-6-14(8-15(7-13)23-27)16-10-19(22-21-16)29-11-20(25)26/h2-3,6-9H,4-5,10-11H2,1H3,(H,25,26). The molecule has 2 aliphatic heterocycles. The zero-order valence-electron chi connectivity index (χ0n) is 15.7. The van der Waals surface area contributed by atoms with Crippen LogP contribution in [0.1, 0.15) is 12.0 Å². The molecule has 29 heavy (non-hydrogen) atoms. The molecule has 0 spiro atoms. The van der Waals surface area contributed by atoms with Crippen molar-refractivity contribution >= 4 is 39.9 Å². The van der Waals surface area contributed by atoms with E-state index in [2.05, 4.69) is 20.3 Å². The lowest BCUT2D eigenvalue weighted by Crippen LogP contribution is -2.28. The van der Waals surface area contributed by atoms with Gasteiger partial charge in [-0.3, -0.25) is 4.79 Å². The van der Waals surface area contributed by atoms with E-state index in [1.807, 2.05) is 31.3 Å². The fourth-order valence-electron chi connectivity index (χ4n) is 3.25. The molecule has 0 amide bonds. The third kappa shape index (κ3) is 4.14. The van der Waals surface area contributed by atoms with Crippen molar-refractivity contribution in [3.63, 3.8) is 0 Å². The Hall–Kier alpha value is -3.20. The summed E-state index contributed by atoms with van der Waals surface area (Å²) in [5, 5.41) is 20.8. The molecule has 2 aromatic rings. The number of thioether (sulfide) groups is 1. The topological polar surface area (TPSA) is 104 Å². The molecule has 9 heteroatoms. The zero-order chi connectivity index (χ0) is 20.4. The maximum atomic E-state index is 11.3. The van der Waals surface area contributed by atoms with Gasteiger partial charge in [0.15, 0.2) is 0 Å². The van der Waals surface area contributed by atoms with Crippen molar-refractivity contribution in [1.29, 1.82) is 0 Å². The largest absolute Gasteiger partial charge is 0.490 e. The SMILES string of the molecule is CN1CCOc2cc(-c3cc(N=O)cc(C4=NN=C(SCC(=O)O)C4)c3)ccc21. The Kier molecular flexibility index (Phi) is 5.30. The van der Waals surface area contributed by atoms with Gasteiger partial charge in [-0.15, -0.1) is 10.0 Å². The van der Waals surface area contributed by atoms with Crippen molar-refractivity contribution < 1.29 is 14.6 Å². The van der Waals surface area contributed by atoms with Gasteiger partial charge in [0.1, 0.15) is 23.1 Å². The summed E-state index contributed by atoms with van der Waals surface area (Å²) in [7, 11) is 2.02. The summed E-state index contributed by atoms with van der Waals surface area (Å²) in [6.45, 7) is 1.46. The molecular weight excluding hydrogens is 392 g/mol. The predicted octanol–water partition coefficient (Wildman–Crippen LogP) is 3.90. The molecule has 1 N–H and O–H groups in total. The van der Waals surface area contributed by atoms with Crippen LogP contribution in [0.15, 0.2) is 51.8 Å². The molecule has 0 fully saturated rings. The lowest BCUT2D eigenvalue weighted by Gasteiger charge is -2.28. The molecule has 0 radical (unpaired) electrons. The highest BCUT2D eigenvalue weighted by atomic mass is 32.2. The second-order valence-corrected chi connectivity index (χ2v) is 7.76. The summed E-state index contributed by atoms with van der Waals surface area (Å²) in [6, 6.07) is 11.3. The van der Waals surface area contributed by atoms with Gasteiger partial charge in [-0.05, 0) is 46.6 Å². The van der Waals surface area contributed by atoms with Gasteiger partial charge in [0.25, 0.3) is 0 Å². The number of hydrogen-bond acceptors (Lipinski definition) is 8. The number of hydrogen-bond donors (Lipinski definition) is 1. The Morgan fingerprint density at radius 1 is 1.21 bits per heavy atom. The fourth-order valence-corrected chi connectivity index (χ4v) is 3.88. The Morgan fingerprint density at radius 2 is 2.03 bits per heavy atom. The van der Waals surface area contributed by atoms with Gasteiger partial charge >= 0.3 is 5.97 Å². The summed E-state index contributed by atoms with van der Waals surface area (Å²) in [5.41, 5.74) is 4.47. The summed E-state index contributed by atoms with van der Waals surface area (Å²) in [6.07, 6.45) is 0.428. The van der Waals surface area contributed by atoms with Gasteiger partial charge in [-0.1, -0.05) is 17.8 Å². The highest BCUT2D eigenvalue weighted by Crippen LogP contribution is 2.36. The monoisotopic (exact) mass is 410 g/mol. The van der Waals surface area contributed by atoms with E-state index in [0.29, 0.717) is 29.5 Å². The molecule has 0 atom stereocenters. The molecular formula is C20H18N4O4S. The van der Waals surface area contributed by atoms with E-state index >= 15 is 0 Å². The molecule has 0 aliphatic carbocycles. The Labute approximate surface area is 171 Å². The van der Waals surface area contributed by atoms with E-state index in [9.17, 15) is 9.70 Å². The van der Waals surface area contributed by atoms with Crippen LogP contribution < -0.4 is 9.64 Å². The van der Waals surface area contributed by atoms with Crippen LogP contribution in [0.3, 0.4) is 0 Å². The van der Waals surface area contributed by atoms with Crippen molar-refractivity contribution in [3.05, 3.63) is 46.9 Å². The van der Waals surface area contributed by atoms with Crippen LogP contribution in [0, 0.1) is 4.91 Å². The van der Waals surface area contributed by atoms with E-state index in [4.69, 9.17) is 9.84 Å². The van der Waals surface area contributed by atoms with Crippen LogP contribution >= 0.6 is 11.8 Å². The lowest BCUT2D eigenvalue weighted by molar-refractivity contribution is -0.133. The van der Waals surface area contributed by atoms with Crippen molar-refractivity contribution in [2.24, 2.45) is 15.4 Å². The van der Waals surface area contributed by atoms with Crippen LogP contribution in [0.2, 0.25) is 0 Å². The van der Waals surface area contributed by atoms with Crippen molar-refractivity contribution in [3.8, 4) is 16.9 Å². The van der Waals surface area contributed by atoms with Gasteiger partial charge in [-0.25, -0.2) is 0 Å². The molecule has 0 saturated heterocycles. The second-order valence-electron chi connectivity index (χ2n) is 6.71. The smallest absolute Gasteiger partial charge is 0.313 e. The van der Waals surface area contributed by atoms with Gasteiger partial charge in [-0.2, -0.15) is 5.10 Å². The van der Waals surface area contributed by atoms with Crippen LogP contribution in [-0.2, 0) is 4.79 Å². The van der Waals surface area contributed by atoms with E-state index in [0.717, 1.165) is 46.4 Å². The summed E-state index contributed by atoms with van der Waals surface area (Å²) < 4.78 is 5.78. The van der Waals surface area contributed by atoms with Crippen molar-refractivity contribution in [2.75, 3.05) is 30.9 Å². The highest BCUT2D eigenvalue weighted by Gasteiger charge is 2.19. The first-order chi connectivity index (χ1) is 14.0. The highest BCUT2D eigenvalue weighted by molar-refractivity contribution is 8.14. The average Bonchev–Trinajstić information content (AvgIpc) is 3.21. The minimum atomic E-state index is -0.902. The van der Waals surface area contributed by atoms with Gasteiger partial charge < -0.3 is 14.7 Å². The molecule has 8 nitrogen and oxygen atoms in total. The Bertz CT molecular complexity index is 1050. The summed E-state index contributed by atoms with van der Waals surface area (Å²) >= 11 is 1.15. The average molecular weight is 410 g/mol. The number of rotatable bonds is 5. The predicted molar refractivity (Wildman–Crippen MR) is 115 cm³/mol. The van der Waals surface area contributed by atoms with Gasteiger partial charge in [0.2, 0.25) is 0 Å². The molecule has 2 aromatic carbocycles. The third-order valence-corrected chi connectivity index (χ3v) is 5.66. The van der Waals surface area contributed by atoms with Crippen LogP contribution in [0.4, 0.5) is 11.4 Å². The van der Waals surface area contributed by atoms with E-state index in [-0.39, 0.29) is 5.75 Å². The normalized spacial score (nSPS) is 15.3. The number of likely N-dealkylation sites (N-methyl/N-ethyl adjacent to an activating group) is 1. The first-order valence-corrected chi connectivity index (χ1v) is 9.97. The maximum absolute atomic E-state index is 11.3. The van der Waals surface area contributed by atoms with Gasteiger partial charge in [0, 0.05) is 19.0 Å². The molecule has 0 bridgehead atoms. The first-order valence-electron chi connectivity index (χ1n) is 8.98. The summed E-state index contributed by atoms with van der Waals surface area (Å²) in [5.74, 6) is -0.163. The van der Waals surface area contributed by atoms with Crippen LogP contribution in [0.25, 0.3) is 11.1 Å². The molecule has 2 aliphatic rings. The van der Waals surface area contributed by atoms with E-state index in [1.165, 1.54) is 0 Å². The Morgan fingerprint density at radius 3 is 2.83 bits per heavy atom. The molecule has 2 heterocycles. The summed E-state index contributed by atoms with van der Waals surface area (Å²) in [4.78, 5) is 24.1. The van der Waals surface area contributed by atoms with E-state index in [1.54, 1.807) is 12.1 Å². The molecule has 0 aromatic heterocycles. The van der Waals surface area contributed by atoms with E-state index < -0.39 is 5.97 Å². The minimum Gasteiger partial charge on any atom is -0.490 e. The third-order valence-electron chi connectivity index (χ3n) is 4.71. The number of carbonyl (C=O) groups is 1. The number of anilines is 1. The second kappa shape index (κ2) is 8.04. The number of carboxylic acid groups (broad SMARTS) is 1. The number of benzene rings is 2. The molecule has 4 rings (SSSR count). The van der Waals surface area contributed by atoms with Crippen molar-refractivity contribution in [2.45, 2.75) is 6.42 Å². The number of fused-ring (bicyclic) bond motifs is 1. The Balaban J connectivity index is 1.62. The first kappa shape index (κ1) is 19.1. The van der Waals surface area contributed by atoms with Gasteiger partial charge in [0.05, 0.1) is 23.7 Å². The number of aliphatic carboxylic acids is 1. The maximum Gasteiger partial charge on any atom is 0.313 e.